The molecule has 0 aromatic heterocycles. The van der Waals surface area contributed by atoms with Gasteiger partial charge < -0.3 is 9.47 Å². The number of hydrogen-bond acceptors (Lipinski definition) is 3. The van der Waals surface area contributed by atoms with E-state index in [9.17, 15) is 9.18 Å². The molecule has 2 aromatic rings. The highest BCUT2D eigenvalue weighted by molar-refractivity contribution is 5.78. The van der Waals surface area contributed by atoms with E-state index in [2.05, 4.69) is 0 Å². The Morgan fingerprint density at radius 1 is 1.19 bits per heavy atom. The molecule has 1 atom stereocenters. The molecule has 0 aliphatic rings. The molecule has 2 rings (SSSR count). The van der Waals surface area contributed by atoms with Crippen molar-refractivity contribution in [1.82, 2.24) is 0 Å². The number of benzene rings is 2. The largest absolute Gasteiger partial charge is 0.492 e. The molecule has 0 aliphatic heterocycles. The molecule has 0 heterocycles. The number of rotatable bonds is 5. The molecule has 2 aromatic carbocycles. The fourth-order valence-electron chi connectivity index (χ4n) is 2.07. The fraction of sp³-hybridized carbons (Fsp3) is 0.235. The van der Waals surface area contributed by atoms with Crippen molar-refractivity contribution in [3.8, 4) is 5.75 Å². The first kappa shape index (κ1) is 15.0. The first-order chi connectivity index (χ1) is 10.1. The van der Waals surface area contributed by atoms with Crippen LogP contribution < -0.4 is 4.74 Å². The molecule has 0 saturated carbocycles. The lowest BCUT2D eigenvalue weighted by atomic mass is 9.98. The van der Waals surface area contributed by atoms with Crippen LogP contribution in [-0.4, -0.2) is 19.7 Å². The molecule has 0 spiro atoms. The van der Waals surface area contributed by atoms with Gasteiger partial charge in [0.25, 0.3) is 0 Å². The number of ether oxygens (including phenoxy) is 2. The predicted octanol–water partition coefficient (Wildman–Crippen LogP) is 3.47. The first-order valence-electron chi connectivity index (χ1n) is 6.63. The second-order valence-electron chi connectivity index (χ2n) is 4.76. The zero-order valence-electron chi connectivity index (χ0n) is 12.0. The van der Waals surface area contributed by atoms with Gasteiger partial charge in [0.05, 0.1) is 7.11 Å². The van der Waals surface area contributed by atoms with Crippen LogP contribution in [0.15, 0.2) is 48.5 Å². The number of esters is 1. The third-order valence-electron chi connectivity index (χ3n) is 3.14. The van der Waals surface area contributed by atoms with Crippen molar-refractivity contribution in [2.24, 2.45) is 0 Å². The third kappa shape index (κ3) is 4.05. The second-order valence-corrected chi connectivity index (χ2v) is 4.76. The minimum absolute atomic E-state index is 0.0968. The van der Waals surface area contributed by atoms with Crippen molar-refractivity contribution in [1.29, 1.82) is 0 Å². The average molecular weight is 288 g/mol. The van der Waals surface area contributed by atoms with Gasteiger partial charge >= 0.3 is 5.97 Å². The van der Waals surface area contributed by atoms with Gasteiger partial charge in [0, 0.05) is 6.07 Å². The van der Waals surface area contributed by atoms with E-state index < -0.39 is 5.92 Å². The maximum Gasteiger partial charge on any atom is 0.316 e. The number of halogens is 1. The topological polar surface area (TPSA) is 35.5 Å². The van der Waals surface area contributed by atoms with Crippen LogP contribution in [0.5, 0.6) is 5.75 Å². The lowest BCUT2D eigenvalue weighted by molar-refractivity contribution is -0.143. The fourth-order valence-corrected chi connectivity index (χ4v) is 2.07. The average Bonchev–Trinajstić information content (AvgIpc) is 2.47. The van der Waals surface area contributed by atoms with Crippen LogP contribution in [0.1, 0.15) is 17.0 Å². The van der Waals surface area contributed by atoms with Crippen LogP contribution in [-0.2, 0) is 9.53 Å². The molecular weight excluding hydrogens is 271 g/mol. The van der Waals surface area contributed by atoms with Crippen molar-refractivity contribution in [3.63, 3.8) is 0 Å². The molecule has 0 amide bonds. The van der Waals surface area contributed by atoms with Gasteiger partial charge in [-0.15, -0.1) is 0 Å². The summed E-state index contributed by atoms with van der Waals surface area (Å²) in [7, 11) is 1.34. The third-order valence-corrected chi connectivity index (χ3v) is 3.14. The Hall–Kier alpha value is -2.36. The molecule has 0 fully saturated rings. The summed E-state index contributed by atoms with van der Waals surface area (Å²) in [4.78, 5) is 11.9. The summed E-state index contributed by atoms with van der Waals surface area (Å²) >= 11 is 0. The zero-order chi connectivity index (χ0) is 15.2. The first-order valence-corrected chi connectivity index (χ1v) is 6.63. The van der Waals surface area contributed by atoms with Crippen LogP contribution in [0.4, 0.5) is 4.39 Å². The Morgan fingerprint density at radius 2 is 1.95 bits per heavy atom. The molecule has 0 N–H and O–H groups in total. The molecule has 0 saturated heterocycles. The maximum absolute atomic E-state index is 13.1. The van der Waals surface area contributed by atoms with E-state index in [1.807, 2.05) is 31.2 Å². The summed E-state index contributed by atoms with van der Waals surface area (Å²) in [5, 5.41) is 0. The lowest BCUT2D eigenvalue weighted by Crippen LogP contribution is -2.21. The van der Waals surface area contributed by atoms with Gasteiger partial charge in [0.15, 0.2) is 0 Å². The lowest BCUT2D eigenvalue weighted by Gasteiger charge is -2.16. The number of aryl methyl sites for hydroxylation is 1. The number of carbonyl (C=O) groups is 1. The predicted molar refractivity (Wildman–Crippen MR) is 77.8 cm³/mol. The smallest absolute Gasteiger partial charge is 0.316 e. The standard InChI is InChI=1S/C17H17FO3/c1-12-5-3-6-13(9-12)16(17(19)20-2)11-21-15-8-4-7-14(18)10-15/h3-10,16H,11H2,1-2H3. The van der Waals surface area contributed by atoms with Crippen LogP contribution in [0.25, 0.3) is 0 Å². The Kier molecular flexibility index (Phi) is 4.93. The van der Waals surface area contributed by atoms with Crippen molar-refractivity contribution in [3.05, 3.63) is 65.5 Å². The maximum atomic E-state index is 13.1. The van der Waals surface area contributed by atoms with E-state index >= 15 is 0 Å². The van der Waals surface area contributed by atoms with Crippen molar-refractivity contribution >= 4 is 5.97 Å². The minimum Gasteiger partial charge on any atom is -0.492 e. The van der Waals surface area contributed by atoms with Crippen molar-refractivity contribution in [2.45, 2.75) is 12.8 Å². The monoisotopic (exact) mass is 288 g/mol. The Balaban J connectivity index is 2.16. The molecule has 0 radical (unpaired) electrons. The summed E-state index contributed by atoms with van der Waals surface area (Å²) in [6.07, 6.45) is 0. The summed E-state index contributed by atoms with van der Waals surface area (Å²) in [6.45, 7) is 2.05. The SMILES string of the molecule is COC(=O)C(COc1cccc(F)c1)c1cccc(C)c1. The van der Waals surface area contributed by atoms with Crippen LogP contribution in [0.3, 0.4) is 0 Å². The normalized spacial score (nSPS) is 11.8. The highest BCUT2D eigenvalue weighted by atomic mass is 19.1. The minimum atomic E-state index is -0.543. The highest BCUT2D eigenvalue weighted by Gasteiger charge is 2.22. The van der Waals surface area contributed by atoms with Gasteiger partial charge in [-0.3, -0.25) is 4.79 Å². The van der Waals surface area contributed by atoms with E-state index in [0.717, 1.165) is 11.1 Å². The van der Waals surface area contributed by atoms with Crippen molar-refractivity contribution in [2.75, 3.05) is 13.7 Å². The molecule has 0 bridgehead atoms. The summed E-state index contributed by atoms with van der Waals surface area (Å²) in [6, 6.07) is 13.4. The number of methoxy groups -OCH3 is 1. The summed E-state index contributed by atoms with van der Waals surface area (Å²) in [5.74, 6) is -0.913. The Morgan fingerprint density at radius 3 is 2.62 bits per heavy atom. The van der Waals surface area contributed by atoms with E-state index in [1.165, 1.54) is 19.2 Å². The summed E-state index contributed by atoms with van der Waals surface area (Å²) < 4.78 is 23.5. The molecule has 0 aliphatic carbocycles. The van der Waals surface area contributed by atoms with E-state index in [-0.39, 0.29) is 18.4 Å². The quantitative estimate of drug-likeness (QED) is 0.790. The van der Waals surface area contributed by atoms with Gasteiger partial charge in [-0.05, 0) is 24.6 Å². The molecule has 1 unspecified atom stereocenters. The molecule has 21 heavy (non-hydrogen) atoms. The van der Waals surface area contributed by atoms with Crippen molar-refractivity contribution < 1.29 is 18.7 Å². The molecule has 3 nitrogen and oxygen atoms in total. The van der Waals surface area contributed by atoms with Crippen LogP contribution in [0, 0.1) is 12.7 Å². The van der Waals surface area contributed by atoms with Crippen LogP contribution >= 0.6 is 0 Å². The second kappa shape index (κ2) is 6.88. The van der Waals surface area contributed by atoms with E-state index in [1.54, 1.807) is 12.1 Å². The zero-order valence-corrected chi connectivity index (χ0v) is 12.0. The highest BCUT2D eigenvalue weighted by Crippen LogP contribution is 2.21. The van der Waals surface area contributed by atoms with Gasteiger partial charge in [-0.25, -0.2) is 4.39 Å². The van der Waals surface area contributed by atoms with Crippen LogP contribution in [0.2, 0.25) is 0 Å². The Bertz CT molecular complexity index is 625. The van der Waals surface area contributed by atoms with E-state index in [4.69, 9.17) is 9.47 Å². The van der Waals surface area contributed by atoms with Gasteiger partial charge in [0.2, 0.25) is 0 Å². The Labute approximate surface area is 123 Å². The molecular formula is C17H17FO3. The number of hydrogen-bond donors (Lipinski definition) is 0. The van der Waals surface area contributed by atoms with Gasteiger partial charge in [-0.1, -0.05) is 35.9 Å². The van der Waals surface area contributed by atoms with Gasteiger partial charge in [-0.2, -0.15) is 0 Å². The van der Waals surface area contributed by atoms with Gasteiger partial charge in [0.1, 0.15) is 24.1 Å². The number of carbonyl (C=O) groups excluding carboxylic acids is 1. The van der Waals surface area contributed by atoms with E-state index in [0.29, 0.717) is 5.75 Å². The summed E-state index contributed by atoms with van der Waals surface area (Å²) in [5.41, 5.74) is 1.87. The molecule has 110 valence electrons. The molecule has 4 heteroatoms.